The van der Waals surface area contributed by atoms with Crippen LogP contribution < -0.4 is 9.47 Å². The Kier molecular flexibility index (Phi) is 2.91. The molecule has 0 aliphatic heterocycles. The number of phenolic OH excluding ortho intramolecular Hbond substituents is 1. The van der Waals surface area contributed by atoms with Crippen molar-refractivity contribution in [2.75, 3.05) is 14.2 Å². The molecule has 0 heterocycles. The van der Waals surface area contributed by atoms with E-state index < -0.39 is 11.6 Å². The molecule has 0 amide bonds. The number of rotatable bonds is 3. The molecule has 0 unspecified atom stereocenters. The van der Waals surface area contributed by atoms with Gasteiger partial charge in [0, 0.05) is 0 Å². The second-order valence-corrected chi connectivity index (χ2v) is 2.48. The number of benzene rings is 1. The summed E-state index contributed by atoms with van der Waals surface area (Å²) in [5, 5.41) is 9.19. The number of ether oxygens (including phenoxy) is 2. The molecule has 4 nitrogen and oxygen atoms in total. The third kappa shape index (κ3) is 1.48. The fraction of sp³-hybridized carbons (Fsp3) is 0.222. The Morgan fingerprint density at radius 2 is 2.07 bits per heavy atom. The molecule has 76 valence electrons. The summed E-state index contributed by atoms with van der Waals surface area (Å²) in [6, 6.07) is 1.20. The van der Waals surface area contributed by atoms with E-state index in [1.54, 1.807) is 0 Å². The number of aromatic hydroxyl groups is 1. The second-order valence-electron chi connectivity index (χ2n) is 2.48. The predicted octanol–water partition coefficient (Wildman–Crippen LogP) is 1.36. The molecule has 0 aliphatic rings. The Morgan fingerprint density at radius 1 is 1.43 bits per heavy atom. The van der Waals surface area contributed by atoms with E-state index in [-0.39, 0.29) is 17.1 Å². The van der Waals surface area contributed by atoms with Crippen LogP contribution in [0.4, 0.5) is 4.39 Å². The number of aldehydes is 1. The van der Waals surface area contributed by atoms with E-state index in [2.05, 4.69) is 4.74 Å². The zero-order valence-corrected chi connectivity index (χ0v) is 7.70. The van der Waals surface area contributed by atoms with Crippen molar-refractivity contribution in [3.05, 3.63) is 17.4 Å². The second kappa shape index (κ2) is 3.95. The van der Waals surface area contributed by atoms with Crippen LogP contribution in [0.5, 0.6) is 17.2 Å². The number of phenols is 1. The summed E-state index contributed by atoms with van der Waals surface area (Å²) in [7, 11) is 2.55. The number of halogens is 1. The van der Waals surface area contributed by atoms with Gasteiger partial charge in [-0.05, 0) is 6.07 Å². The lowest BCUT2D eigenvalue weighted by Gasteiger charge is -2.10. The van der Waals surface area contributed by atoms with Crippen molar-refractivity contribution < 1.29 is 23.8 Å². The molecule has 5 heteroatoms. The van der Waals surface area contributed by atoms with E-state index >= 15 is 0 Å². The first kappa shape index (κ1) is 10.3. The Hall–Kier alpha value is -1.78. The lowest BCUT2D eigenvalue weighted by Crippen LogP contribution is -1.97. The van der Waals surface area contributed by atoms with Crippen LogP contribution >= 0.6 is 0 Å². The van der Waals surface area contributed by atoms with Crippen LogP contribution in [0.3, 0.4) is 0 Å². The standard InChI is InChI=1S/C9H9FO4/c1-13-6-3-5(4-11)8(12)7(10)9(6)14-2/h3-4,12H,1-2H3. The maximum absolute atomic E-state index is 13.3. The molecule has 0 fully saturated rings. The Bertz CT molecular complexity index is 362. The zero-order valence-electron chi connectivity index (χ0n) is 7.70. The smallest absolute Gasteiger partial charge is 0.211 e. The number of methoxy groups -OCH3 is 2. The molecular weight excluding hydrogens is 191 g/mol. The minimum absolute atomic E-state index is 0.0601. The summed E-state index contributed by atoms with van der Waals surface area (Å²) < 4.78 is 22.7. The highest BCUT2D eigenvalue weighted by molar-refractivity contribution is 5.81. The zero-order chi connectivity index (χ0) is 10.7. The topological polar surface area (TPSA) is 55.8 Å². The molecular formula is C9H9FO4. The van der Waals surface area contributed by atoms with Gasteiger partial charge in [0.15, 0.2) is 17.8 Å². The molecule has 0 bridgehead atoms. The molecule has 0 spiro atoms. The molecule has 0 radical (unpaired) electrons. The van der Waals surface area contributed by atoms with Crippen LogP contribution in [-0.4, -0.2) is 25.6 Å². The lowest BCUT2D eigenvalue weighted by molar-refractivity contribution is 0.111. The van der Waals surface area contributed by atoms with Gasteiger partial charge in [-0.1, -0.05) is 0 Å². The van der Waals surface area contributed by atoms with E-state index in [1.807, 2.05) is 0 Å². The molecule has 1 aromatic rings. The van der Waals surface area contributed by atoms with Crippen molar-refractivity contribution in [2.45, 2.75) is 0 Å². The normalized spacial score (nSPS) is 9.64. The quantitative estimate of drug-likeness (QED) is 0.748. The molecule has 14 heavy (non-hydrogen) atoms. The van der Waals surface area contributed by atoms with Gasteiger partial charge >= 0.3 is 0 Å². The summed E-state index contributed by atoms with van der Waals surface area (Å²) in [6.45, 7) is 0. The van der Waals surface area contributed by atoms with E-state index in [4.69, 9.17) is 4.74 Å². The highest BCUT2D eigenvalue weighted by Crippen LogP contribution is 2.37. The Labute approximate surface area is 79.9 Å². The van der Waals surface area contributed by atoms with E-state index in [9.17, 15) is 14.3 Å². The molecule has 1 N–H and O–H groups in total. The minimum atomic E-state index is -1.01. The Balaban J connectivity index is 3.45. The summed E-state index contributed by atoms with van der Waals surface area (Å²) in [4.78, 5) is 10.4. The van der Waals surface area contributed by atoms with Crippen LogP contribution in [0.15, 0.2) is 6.07 Å². The predicted molar refractivity (Wildman–Crippen MR) is 46.6 cm³/mol. The molecule has 0 atom stereocenters. The maximum Gasteiger partial charge on any atom is 0.211 e. The van der Waals surface area contributed by atoms with Crippen molar-refractivity contribution in [2.24, 2.45) is 0 Å². The molecule has 0 saturated carbocycles. The average molecular weight is 200 g/mol. The van der Waals surface area contributed by atoms with Crippen LogP contribution in [0.25, 0.3) is 0 Å². The SMILES string of the molecule is COc1cc(C=O)c(O)c(F)c1OC. The summed E-state index contributed by atoms with van der Waals surface area (Å²) in [5.74, 6) is -1.91. The number of hydrogen-bond donors (Lipinski definition) is 1. The van der Waals surface area contributed by atoms with Crippen molar-refractivity contribution in [3.8, 4) is 17.2 Å². The van der Waals surface area contributed by atoms with Gasteiger partial charge in [-0.15, -0.1) is 0 Å². The van der Waals surface area contributed by atoms with Gasteiger partial charge in [-0.3, -0.25) is 4.79 Å². The summed E-state index contributed by atoms with van der Waals surface area (Å²) in [6.07, 6.45) is 0.334. The van der Waals surface area contributed by atoms with Crippen molar-refractivity contribution in [1.29, 1.82) is 0 Å². The highest BCUT2D eigenvalue weighted by atomic mass is 19.1. The molecule has 0 aliphatic carbocycles. The van der Waals surface area contributed by atoms with Gasteiger partial charge in [-0.2, -0.15) is 4.39 Å². The molecule has 0 saturated heterocycles. The first-order chi connectivity index (χ1) is 6.65. The first-order valence-corrected chi connectivity index (χ1v) is 3.74. The number of carbonyl (C=O) groups excluding carboxylic acids is 1. The number of carbonyl (C=O) groups is 1. The average Bonchev–Trinajstić information content (AvgIpc) is 2.21. The van der Waals surface area contributed by atoms with Gasteiger partial charge in [0.05, 0.1) is 19.8 Å². The summed E-state index contributed by atoms with van der Waals surface area (Å²) >= 11 is 0. The maximum atomic E-state index is 13.3. The molecule has 1 rings (SSSR count). The van der Waals surface area contributed by atoms with Gasteiger partial charge in [0.25, 0.3) is 0 Å². The third-order valence-corrected chi connectivity index (χ3v) is 1.74. The van der Waals surface area contributed by atoms with E-state index in [0.29, 0.717) is 6.29 Å². The summed E-state index contributed by atoms with van der Waals surface area (Å²) in [5.41, 5.74) is -0.180. The van der Waals surface area contributed by atoms with Crippen LogP contribution in [-0.2, 0) is 0 Å². The first-order valence-electron chi connectivity index (χ1n) is 3.74. The van der Waals surface area contributed by atoms with Crippen LogP contribution in [0, 0.1) is 5.82 Å². The third-order valence-electron chi connectivity index (χ3n) is 1.74. The molecule has 0 aromatic heterocycles. The van der Waals surface area contributed by atoms with Gasteiger partial charge in [-0.25, -0.2) is 0 Å². The van der Waals surface area contributed by atoms with Gasteiger partial charge < -0.3 is 14.6 Å². The van der Waals surface area contributed by atoms with Gasteiger partial charge in [0.1, 0.15) is 0 Å². The van der Waals surface area contributed by atoms with Gasteiger partial charge in [0.2, 0.25) is 11.6 Å². The number of hydrogen-bond acceptors (Lipinski definition) is 4. The largest absolute Gasteiger partial charge is 0.504 e. The fourth-order valence-electron chi connectivity index (χ4n) is 1.05. The monoisotopic (exact) mass is 200 g/mol. The van der Waals surface area contributed by atoms with Crippen molar-refractivity contribution >= 4 is 6.29 Å². The van der Waals surface area contributed by atoms with Crippen molar-refractivity contribution in [3.63, 3.8) is 0 Å². The van der Waals surface area contributed by atoms with E-state index in [0.717, 1.165) is 0 Å². The van der Waals surface area contributed by atoms with E-state index in [1.165, 1.54) is 20.3 Å². The lowest BCUT2D eigenvalue weighted by atomic mass is 10.2. The molecule has 1 aromatic carbocycles. The highest BCUT2D eigenvalue weighted by Gasteiger charge is 2.18. The van der Waals surface area contributed by atoms with Crippen LogP contribution in [0.2, 0.25) is 0 Å². The van der Waals surface area contributed by atoms with Crippen LogP contribution in [0.1, 0.15) is 10.4 Å². The minimum Gasteiger partial charge on any atom is -0.504 e. The van der Waals surface area contributed by atoms with Crippen molar-refractivity contribution in [1.82, 2.24) is 0 Å². The fourth-order valence-corrected chi connectivity index (χ4v) is 1.05. The Morgan fingerprint density at radius 3 is 2.50 bits per heavy atom.